The number of anilines is 2. The number of nitrogens with one attached hydrogen (secondary N) is 1. The van der Waals surface area contributed by atoms with Crippen LogP contribution in [0.2, 0.25) is 0 Å². The minimum Gasteiger partial charge on any atom is -0.436 e. The molecule has 2 aromatic carbocycles. The third kappa shape index (κ3) is 5.26. The molecule has 164 valence electrons. The molecule has 0 atom stereocenters. The van der Waals surface area contributed by atoms with Crippen molar-refractivity contribution in [2.45, 2.75) is 6.92 Å². The Morgan fingerprint density at radius 2 is 1.68 bits per heavy atom. The molecule has 0 aliphatic rings. The van der Waals surface area contributed by atoms with Gasteiger partial charge in [-0.1, -0.05) is 15.9 Å². The number of carbonyl (C=O) groups excluding carboxylic acids is 1. The van der Waals surface area contributed by atoms with Gasteiger partial charge < -0.3 is 9.32 Å². The number of aromatic nitrogens is 1. The maximum atomic E-state index is 12.5. The molecular weight excluding hydrogens is 484 g/mol. The quantitative estimate of drug-likeness (QED) is 0.464. The van der Waals surface area contributed by atoms with E-state index in [-0.39, 0.29) is 11.9 Å². The first-order chi connectivity index (χ1) is 14.7. The van der Waals surface area contributed by atoms with Gasteiger partial charge in [0.1, 0.15) is 0 Å². The SMILES string of the molecule is CCN(C(=O)CBr)S(=O)(=O)Nc1ccc(-c2ncc(-c3ccc(N(C)C)cc3)o2)cc1. The van der Waals surface area contributed by atoms with Crippen LogP contribution < -0.4 is 9.62 Å². The Kier molecular flexibility index (Phi) is 7.01. The van der Waals surface area contributed by atoms with E-state index in [4.69, 9.17) is 4.42 Å². The topological polar surface area (TPSA) is 95.8 Å². The third-order valence-corrected chi connectivity index (χ3v) is 6.54. The Morgan fingerprint density at radius 1 is 1.06 bits per heavy atom. The van der Waals surface area contributed by atoms with E-state index < -0.39 is 16.1 Å². The van der Waals surface area contributed by atoms with Crippen LogP contribution in [-0.4, -0.2) is 49.6 Å². The summed E-state index contributed by atoms with van der Waals surface area (Å²) >= 11 is 3.00. The molecule has 0 fully saturated rings. The highest BCUT2D eigenvalue weighted by Crippen LogP contribution is 2.28. The van der Waals surface area contributed by atoms with Gasteiger partial charge in [0.25, 0.3) is 0 Å². The number of hydrogen-bond acceptors (Lipinski definition) is 6. The number of halogens is 1. The molecule has 0 bridgehead atoms. The van der Waals surface area contributed by atoms with E-state index in [1.54, 1.807) is 37.4 Å². The van der Waals surface area contributed by atoms with E-state index in [1.807, 2.05) is 43.3 Å². The van der Waals surface area contributed by atoms with Crippen molar-refractivity contribution in [3.63, 3.8) is 0 Å². The molecule has 1 aromatic heterocycles. The number of alkyl halides is 1. The van der Waals surface area contributed by atoms with E-state index in [1.165, 1.54) is 0 Å². The van der Waals surface area contributed by atoms with Crippen LogP contribution in [0.3, 0.4) is 0 Å². The highest BCUT2D eigenvalue weighted by molar-refractivity contribution is 9.09. The molecule has 8 nitrogen and oxygen atoms in total. The summed E-state index contributed by atoms with van der Waals surface area (Å²) in [6, 6.07) is 14.5. The Hall–Kier alpha value is -2.85. The average molecular weight is 507 g/mol. The third-order valence-electron chi connectivity index (χ3n) is 4.52. The lowest BCUT2D eigenvalue weighted by atomic mass is 10.1. The molecule has 31 heavy (non-hydrogen) atoms. The summed E-state index contributed by atoms with van der Waals surface area (Å²) in [4.78, 5) is 18.2. The van der Waals surface area contributed by atoms with Gasteiger partial charge in [-0.25, -0.2) is 9.29 Å². The summed E-state index contributed by atoms with van der Waals surface area (Å²) < 4.78 is 34.0. The van der Waals surface area contributed by atoms with Crippen LogP contribution in [0.5, 0.6) is 0 Å². The first-order valence-corrected chi connectivity index (χ1v) is 12.0. The van der Waals surface area contributed by atoms with Gasteiger partial charge in [0, 0.05) is 37.5 Å². The Labute approximate surface area is 190 Å². The van der Waals surface area contributed by atoms with E-state index in [0.29, 0.717) is 22.9 Å². The minimum absolute atomic E-state index is 0.0342. The number of hydrogen-bond donors (Lipinski definition) is 1. The highest BCUT2D eigenvalue weighted by Gasteiger charge is 2.25. The van der Waals surface area contributed by atoms with E-state index in [0.717, 1.165) is 15.6 Å². The molecule has 0 radical (unpaired) electrons. The van der Waals surface area contributed by atoms with Crippen LogP contribution in [0.1, 0.15) is 6.92 Å². The van der Waals surface area contributed by atoms with E-state index in [9.17, 15) is 13.2 Å². The molecule has 1 amide bonds. The predicted octanol–water partition coefficient (Wildman–Crippen LogP) is 3.97. The summed E-state index contributed by atoms with van der Waals surface area (Å²) in [5.74, 6) is 0.514. The van der Waals surface area contributed by atoms with E-state index in [2.05, 4.69) is 25.6 Å². The number of oxazole rings is 1. The number of amides is 1. The fourth-order valence-corrected chi connectivity index (χ4v) is 4.58. The summed E-state index contributed by atoms with van der Waals surface area (Å²) in [6.45, 7) is 1.63. The van der Waals surface area contributed by atoms with Crippen LogP contribution in [-0.2, 0) is 15.0 Å². The fourth-order valence-electron chi connectivity index (χ4n) is 2.90. The largest absolute Gasteiger partial charge is 0.436 e. The van der Waals surface area contributed by atoms with Gasteiger partial charge in [0.05, 0.1) is 17.2 Å². The van der Waals surface area contributed by atoms with Crippen molar-refractivity contribution in [1.29, 1.82) is 0 Å². The summed E-state index contributed by atoms with van der Waals surface area (Å²) in [6.07, 6.45) is 1.65. The zero-order valence-electron chi connectivity index (χ0n) is 17.4. The van der Waals surface area contributed by atoms with Gasteiger partial charge in [-0.3, -0.25) is 9.52 Å². The van der Waals surface area contributed by atoms with Gasteiger partial charge in [0.15, 0.2) is 5.76 Å². The van der Waals surface area contributed by atoms with Gasteiger partial charge in [0.2, 0.25) is 11.8 Å². The second kappa shape index (κ2) is 9.52. The average Bonchev–Trinajstić information content (AvgIpc) is 3.24. The van der Waals surface area contributed by atoms with Gasteiger partial charge in [-0.15, -0.1) is 0 Å². The molecule has 1 heterocycles. The molecule has 0 unspecified atom stereocenters. The molecule has 0 spiro atoms. The van der Waals surface area contributed by atoms with Crippen molar-refractivity contribution in [2.24, 2.45) is 0 Å². The minimum atomic E-state index is -3.99. The first kappa shape index (κ1) is 22.8. The number of nitrogens with zero attached hydrogens (tertiary/aromatic N) is 3. The van der Waals surface area contributed by atoms with Gasteiger partial charge in [-0.2, -0.15) is 8.42 Å². The lowest BCUT2D eigenvalue weighted by Crippen LogP contribution is -2.41. The van der Waals surface area contributed by atoms with Crippen LogP contribution in [0, 0.1) is 0 Å². The van der Waals surface area contributed by atoms with Crippen molar-refractivity contribution in [3.05, 3.63) is 54.7 Å². The number of benzene rings is 2. The van der Waals surface area contributed by atoms with Crippen molar-refractivity contribution in [1.82, 2.24) is 9.29 Å². The normalized spacial score (nSPS) is 11.2. The zero-order chi connectivity index (χ0) is 22.6. The monoisotopic (exact) mass is 506 g/mol. The van der Waals surface area contributed by atoms with Gasteiger partial charge >= 0.3 is 10.2 Å². The predicted molar refractivity (Wildman–Crippen MR) is 125 cm³/mol. The van der Waals surface area contributed by atoms with Crippen LogP contribution >= 0.6 is 15.9 Å². The lowest BCUT2D eigenvalue weighted by Gasteiger charge is -2.20. The van der Waals surface area contributed by atoms with Crippen LogP contribution in [0.25, 0.3) is 22.8 Å². The Bertz CT molecular complexity index is 1140. The second-order valence-electron chi connectivity index (χ2n) is 6.85. The zero-order valence-corrected chi connectivity index (χ0v) is 19.8. The number of rotatable bonds is 8. The van der Waals surface area contributed by atoms with Gasteiger partial charge in [-0.05, 0) is 55.5 Å². The molecule has 0 saturated carbocycles. The molecule has 3 rings (SSSR count). The Balaban J connectivity index is 1.76. The molecule has 3 aromatic rings. The fraction of sp³-hybridized carbons (Fsp3) is 0.238. The maximum absolute atomic E-state index is 12.5. The molecule has 10 heteroatoms. The molecular formula is C21H23BrN4O4S. The molecule has 0 aliphatic heterocycles. The van der Waals surface area contributed by atoms with Crippen molar-refractivity contribution < 1.29 is 17.6 Å². The smallest absolute Gasteiger partial charge is 0.326 e. The van der Waals surface area contributed by atoms with Crippen LogP contribution in [0.15, 0.2) is 59.1 Å². The van der Waals surface area contributed by atoms with Crippen molar-refractivity contribution in [3.8, 4) is 22.8 Å². The summed E-state index contributed by atoms with van der Waals surface area (Å²) in [5.41, 5.74) is 3.02. The standard InChI is InChI=1S/C21H23BrN4O4S/c1-4-26(20(27)13-22)31(28,29)24-17-9-5-16(6-10-17)21-23-14-19(30-21)15-7-11-18(12-8-15)25(2)3/h5-12,14,24H,4,13H2,1-3H3. The van der Waals surface area contributed by atoms with Crippen molar-refractivity contribution in [2.75, 3.05) is 35.6 Å². The molecule has 0 saturated heterocycles. The molecule has 0 aliphatic carbocycles. The summed E-state index contributed by atoms with van der Waals surface area (Å²) in [7, 11) is -0.0410. The Morgan fingerprint density at radius 3 is 2.23 bits per heavy atom. The first-order valence-electron chi connectivity index (χ1n) is 9.48. The highest BCUT2D eigenvalue weighted by atomic mass is 79.9. The lowest BCUT2D eigenvalue weighted by molar-refractivity contribution is -0.123. The van der Waals surface area contributed by atoms with Crippen molar-refractivity contribution >= 4 is 43.4 Å². The van der Waals surface area contributed by atoms with Crippen LogP contribution in [0.4, 0.5) is 11.4 Å². The second-order valence-corrected chi connectivity index (χ2v) is 9.00. The molecule has 1 N–H and O–H groups in total. The number of carbonyl (C=O) groups is 1. The maximum Gasteiger partial charge on any atom is 0.326 e. The summed E-state index contributed by atoms with van der Waals surface area (Å²) in [5, 5.41) is -0.0783. The van der Waals surface area contributed by atoms with E-state index >= 15 is 0 Å².